The Balaban J connectivity index is 2.10. The Morgan fingerprint density at radius 2 is 1.95 bits per heavy atom. The van der Waals surface area contributed by atoms with E-state index in [1.807, 2.05) is 13.8 Å². The minimum absolute atomic E-state index is 0.00818. The molecular weight excluding hydrogens is 238 g/mol. The van der Waals surface area contributed by atoms with Crippen LogP contribution in [0.1, 0.15) is 27.7 Å². The number of allylic oxidation sites excluding steroid dienone is 2. The number of hydrogen-bond donors (Lipinski definition) is 2. The Labute approximate surface area is 114 Å². The summed E-state index contributed by atoms with van der Waals surface area (Å²) in [6.45, 7) is 8.30. The van der Waals surface area contributed by atoms with Crippen molar-refractivity contribution in [2.24, 2.45) is 17.3 Å². The second-order valence-corrected chi connectivity index (χ2v) is 6.08. The quantitative estimate of drug-likeness (QED) is 0.644. The number of phenolic OH excluding ortho intramolecular Hbond substituents is 1. The number of nitrogens with one attached hydrogen (secondary N) is 1. The van der Waals surface area contributed by atoms with E-state index in [1.165, 1.54) is 5.57 Å². The highest BCUT2D eigenvalue weighted by Crippen LogP contribution is 2.59. The number of phenols is 1. The van der Waals surface area contributed by atoms with Crippen molar-refractivity contribution in [3.63, 3.8) is 0 Å². The third kappa shape index (κ3) is 2.65. The summed E-state index contributed by atoms with van der Waals surface area (Å²) in [5.74, 6) is 0.340. The molecule has 0 spiro atoms. The van der Waals surface area contributed by atoms with Crippen LogP contribution in [0, 0.1) is 17.3 Å². The molecule has 0 bridgehead atoms. The molecule has 3 nitrogen and oxygen atoms in total. The van der Waals surface area contributed by atoms with Crippen molar-refractivity contribution >= 4 is 11.6 Å². The van der Waals surface area contributed by atoms with Crippen LogP contribution in [-0.4, -0.2) is 11.0 Å². The Bertz CT molecular complexity index is 527. The van der Waals surface area contributed by atoms with Crippen molar-refractivity contribution < 1.29 is 9.90 Å². The maximum Gasteiger partial charge on any atom is 0.228 e. The first-order chi connectivity index (χ1) is 8.84. The van der Waals surface area contributed by atoms with Crippen LogP contribution in [0.15, 0.2) is 35.9 Å². The number of aromatic hydroxyl groups is 1. The smallest absolute Gasteiger partial charge is 0.228 e. The lowest BCUT2D eigenvalue weighted by Gasteiger charge is -2.07. The molecule has 2 atom stereocenters. The number of para-hydroxylation sites is 2. The molecule has 0 aromatic heterocycles. The first-order valence-corrected chi connectivity index (χ1v) is 6.58. The van der Waals surface area contributed by atoms with Crippen molar-refractivity contribution in [1.29, 1.82) is 0 Å². The van der Waals surface area contributed by atoms with Gasteiger partial charge < -0.3 is 10.4 Å². The Kier molecular flexibility index (Phi) is 3.40. The standard InChI is InChI=1S/C16H21NO2/c1-10(2)9-11-14(16(11,3)4)15(19)17-12-7-5-6-8-13(12)18/h5-9,11,14,18H,1-4H3,(H,17,19)/t11-,14+/m0/s1. The normalized spacial score (nSPS) is 23.6. The second kappa shape index (κ2) is 4.72. The summed E-state index contributed by atoms with van der Waals surface area (Å²) in [6, 6.07) is 6.80. The molecule has 1 saturated carbocycles. The van der Waals surface area contributed by atoms with Crippen LogP contribution < -0.4 is 5.32 Å². The van der Waals surface area contributed by atoms with E-state index in [-0.39, 0.29) is 28.9 Å². The first-order valence-electron chi connectivity index (χ1n) is 6.58. The summed E-state index contributed by atoms with van der Waals surface area (Å²) >= 11 is 0. The zero-order valence-electron chi connectivity index (χ0n) is 11.9. The molecule has 0 radical (unpaired) electrons. The molecule has 1 aromatic carbocycles. The lowest BCUT2D eigenvalue weighted by Crippen LogP contribution is -2.16. The van der Waals surface area contributed by atoms with Gasteiger partial charge in [0.1, 0.15) is 5.75 Å². The van der Waals surface area contributed by atoms with Gasteiger partial charge in [0, 0.05) is 0 Å². The average Bonchev–Trinajstić information content (AvgIpc) is 2.82. The van der Waals surface area contributed by atoms with Gasteiger partial charge in [0.25, 0.3) is 0 Å². The van der Waals surface area contributed by atoms with E-state index < -0.39 is 0 Å². The van der Waals surface area contributed by atoms with Gasteiger partial charge in [0.2, 0.25) is 5.91 Å². The topological polar surface area (TPSA) is 49.3 Å². The predicted octanol–water partition coefficient (Wildman–Crippen LogP) is 3.57. The summed E-state index contributed by atoms with van der Waals surface area (Å²) in [6.07, 6.45) is 2.16. The van der Waals surface area contributed by atoms with E-state index in [2.05, 4.69) is 25.2 Å². The minimum Gasteiger partial charge on any atom is -0.506 e. The highest BCUT2D eigenvalue weighted by Gasteiger charge is 2.60. The van der Waals surface area contributed by atoms with Gasteiger partial charge in [-0.25, -0.2) is 0 Å². The number of amides is 1. The van der Waals surface area contributed by atoms with Gasteiger partial charge in [-0.1, -0.05) is 37.6 Å². The Hall–Kier alpha value is -1.77. The molecule has 2 N–H and O–H groups in total. The third-order valence-electron chi connectivity index (χ3n) is 3.87. The van der Waals surface area contributed by atoms with Gasteiger partial charge >= 0.3 is 0 Å². The molecule has 1 fully saturated rings. The van der Waals surface area contributed by atoms with Gasteiger partial charge in [0.05, 0.1) is 11.6 Å². The molecule has 1 aliphatic carbocycles. The SMILES string of the molecule is CC(C)=C[C@H]1[C@H](C(=O)Nc2ccccc2O)C1(C)C. The van der Waals surface area contributed by atoms with Crippen molar-refractivity contribution in [1.82, 2.24) is 0 Å². The minimum atomic E-state index is -0.0259. The van der Waals surface area contributed by atoms with Crippen molar-refractivity contribution in [2.75, 3.05) is 5.32 Å². The Morgan fingerprint density at radius 3 is 2.53 bits per heavy atom. The maximum absolute atomic E-state index is 12.3. The van der Waals surface area contributed by atoms with Gasteiger partial charge in [-0.15, -0.1) is 0 Å². The molecule has 3 heteroatoms. The molecule has 0 aliphatic heterocycles. The maximum atomic E-state index is 12.3. The van der Waals surface area contributed by atoms with Crippen LogP contribution >= 0.6 is 0 Å². The monoisotopic (exact) mass is 259 g/mol. The molecule has 0 unspecified atom stereocenters. The summed E-state index contributed by atoms with van der Waals surface area (Å²) in [7, 11) is 0. The fourth-order valence-electron chi connectivity index (χ4n) is 2.64. The van der Waals surface area contributed by atoms with Crippen LogP contribution in [-0.2, 0) is 4.79 Å². The van der Waals surface area contributed by atoms with E-state index in [9.17, 15) is 9.90 Å². The zero-order chi connectivity index (χ0) is 14.2. The lowest BCUT2D eigenvalue weighted by molar-refractivity contribution is -0.118. The molecular formula is C16H21NO2. The van der Waals surface area contributed by atoms with Crippen molar-refractivity contribution in [3.8, 4) is 5.75 Å². The van der Waals surface area contributed by atoms with E-state index in [4.69, 9.17) is 0 Å². The number of rotatable bonds is 3. The molecule has 1 aliphatic rings. The fraction of sp³-hybridized carbons (Fsp3) is 0.438. The average molecular weight is 259 g/mol. The third-order valence-corrected chi connectivity index (χ3v) is 3.87. The van der Waals surface area contributed by atoms with E-state index in [0.29, 0.717) is 5.69 Å². The predicted molar refractivity (Wildman–Crippen MR) is 76.9 cm³/mol. The Morgan fingerprint density at radius 1 is 1.32 bits per heavy atom. The van der Waals surface area contributed by atoms with Crippen molar-refractivity contribution in [2.45, 2.75) is 27.7 Å². The highest BCUT2D eigenvalue weighted by molar-refractivity contribution is 5.96. The van der Waals surface area contributed by atoms with Gasteiger partial charge in [-0.3, -0.25) is 4.79 Å². The van der Waals surface area contributed by atoms with Crippen LogP contribution in [0.3, 0.4) is 0 Å². The lowest BCUT2D eigenvalue weighted by atomic mass is 10.1. The van der Waals surface area contributed by atoms with Crippen LogP contribution in [0.2, 0.25) is 0 Å². The summed E-state index contributed by atoms with van der Waals surface area (Å²) < 4.78 is 0. The summed E-state index contributed by atoms with van der Waals surface area (Å²) in [5.41, 5.74) is 1.70. The number of benzene rings is 1. The highest BCUT2D eigenvalue weighted by atomic mass is 16.3. The fourth-order valence-corrected chi connectivity index (χ4v) is 2.64. The molecule has 0 heterocycles. The van der Waals surface area contributed by atoms with Gasteiger partial charge in [-0.05, 0) is 37.3 Å². The molecule has 19 heavy (non-hydrogen) atoms. The molecule has 102 valence electrons. The molecule has 1 aromatic rings. The van der Waals surface area contributed by atoms with Gasteiger partial charge in [-0.2, -0.15) is 0 Å². The van der Waals surface area contributed by atoms with E-state index in [0.717, 1.165) is 0 Å². The summed E-state index contributed by atoms with van der Waals surface area (Å²) in [5, 5.41) is 12.5. The number of carbonyl (C=O) groups is 1. The zero-order valence-corrected chi connectivity index (χ0v) is 11.9. The number of hydrogen-bond acceptors (Lipinski definition) is 2. The van der Waals surface area contributed by atoms with E-state index >= 15 is 0 Å². The van der Waals surface area contributed by atoms with Crippen LogP contribution in [0.4, 0.5) is 5.69 Å². The van der Waals surface area contributed by atoms with Crippen LogP contribution in [0.25, 0.3) is 0 Å². The second-order valence-electron chi connectivity index (χ2n) is 6.08. The first kappa shape index (κ1) is 13.7. The molecule has 2 rings (SSSR count). The largest absolute Gasteiger partial charge is 0.506 e. The molecule has 1 amide bonds. The van der Waals surface area contributed by atoms with Crippen molar-refractivity contribution in [3.05, 3.63) is 35.9 Å². The number of carbonyl (C=O) groups excluding carboxylic acids is 1. The number of anilines is 1. The summed E-state index contributed by atoms with van der Waals surface area (Å²) in [4.78, 5) is 12.3. The van der Waals surface area contributed by atoms with Gasteiger partial charge in [0.15, 0.2) is 0 Å². The van der Waals surface area contributed by atoms with Crippen LogP contribution in [0.5, 0.6) is 5.75 Å². The van der Waals surface area contributed by atoms with E-state index in [1.54, 1.807) is 24.3 Å². The molecule has 0 saturated heterocycles.